The van der Waals surface area contributed by atoms with Crippen LogP contribution in [0.3, 0.4) is 0 Å². The second-order valence-corrected chi connectivity index (χ2v) is 7.44. The number of nitrogens with zero attached hydrogens (tertiary/aromatic N) is 1. The van der Waals surface area contributed by atoms with E-state index in [0.29, 0.717) is 12.0 Å². The average Bonchev–Trinajstić information content (AvgIpc) is 2.79. The summed E-state index contributed by atoms with van der Waals surface area (Å²) >= 11 is 0. The molecule has 0 N–H and O–H groups in total. The van der Waals surface area contributed by atoms with Crippen LogP contribution in [0.5, 0.6) is 11.5 Å². The number of rotatable bonds is 3. The largest absolute Gasteiger partial charge is 0.493 e. The number of methoxy groups -OCH3 is 2. The van der Waals surface area contributed by atoms with Gasteiger partial charge in [0.1, 0.15) is 0 Å². The van der Waals surface area contributed by atoms with E-state index in [9.17, 15) is 0 Å². The van der Waals surface area contributed by atoms with Gasteiger partial charge in [-0.15, -0.1) is 0 Å². The van der Waals surface area contributed by atoms with Crippen molar-refractivity contribution in [3.05, 3.63) is 58.1 Å². The molecule has 1 atom stereocenters. The quantitative estimate of drug-likeness (QED) is 0.839. The predicted molar refractivity (Wildman–Crippen MR) is 101 cm³/mol. The highest BCUT2D eigenvalue weighted by molar-refractivity contribution is 5.60. The summed E-state index contributed by atoms with van der Waals surface area (Å²) in [6.07, 6.45) is 2.16. The normalized spacial score (nSPS) is 19.2. The van der Waals surface area contributed by atoms with Crippen molar-refractivity contribution in [1.82, 2.24) is 4.90 Å². The number of hydrogen-bond donors (Lipinski definition) is 0. The molecule has 1 unspecified atom stereocenters. The second-order valence-electron chi connectivity index (χ2n) is 7.44. The van der Waals surface area contributed by atoms with Crippen molar-refractivity contribution < 1.29 is 9.47 Å². The summed E-state index contributed by atoms with van der Waals surface area (Å²) in [6, 6.07) is 11.7. The van der Waals surface area contributed by atoms with Gasteiger partial charge in [-0.2, -0.15) is 0 Å². The second kappa shape index (κ2) is 6.38. The highest BCUT2D eigenvalue weighted by Crippen LogP contribution is 2.47. The van der Waals surface area contributed by atoms with Crippen molar-refractivity contribution in [2.24, 2.45) is 0 Å². The van der Waals surface area contributed by atoms with Gasteiger partial charge in [-0.25, -0.2) is 0 Å². The highest BCUT2D eigenvalue weighted by atomic mass is 16.5. The van der Waals surface area contributed by atoms with Crippen molar-refractivity contribution in [2.75, 3.05) is 20.8 Å². The lowest BCUT2D eigenvalue weighted by Gasteiger charge is -2.39. The van der Waals surface area contributed by atoms with E-state index in [0.717, 1.165) is 37.4 Å². The van der Waals surface area contributed by atoms with Crippen LogP contribution in [-0.4, -0.2) is 31.7 Å². The van der Waals surface area contributed by atoms with Gasteiger partial charge in [-0.1, -0.05) is 24.3 Å². The van der Waals surface area contributed by atoms with Crippen LogP contribution in [0.2, 0.25) is 0 Å². The van der Waals surface area contributed by atoms with E-state index in [1.165, 1.54) is 27.8 Å². The molecule has 0 fully saturated rings. The van der Waals surface area contributed by atoms with E-state index < -0.39 is 0 Å². The molecule has 132 valence electrons. The first-order valence-corrected chi connectivity index (χ1v) is 9.22. The van der Waals surface area contributed by atoms with E-state index in [-0.39, 0.29) is 0 Å². The van der Waals surface area contributed by atoms with Gasteiger partial charge in [0, 0.05) is 30.6 Å². The first-order valence-electron chi connectivity index (χ1n) is 9.22. The summed E-state index contributed by atoms with van der Waals surface area (Å²) in [5, 5.41) is 0. The summed E-state index contributed by atoms with van der Waals surface area (Å²) in [5.74, 6) is 2.20. The molecule has 4 rings (SSSR count). The molecule has 25 heavy (non-hydrogen) atoms. The van der Waals surface area contributed by atoms with Gasteiger partial charge in [0.15, 0.2) is 11.5 Å². The van der Waals surface area contributed by atoms with Gasteiger partial charge < -0.3 is 9.47 Å². The Labute approximate surface area is 150 Å². The van der Waals surface area contributed by atoms with Gasteiger partial charge in [0.2, 0.25) is 0 Å². The lowest BCUT2D eigenvalue weighted by atomic mass is 9.81. The van der Waals surface area contributed by atoms with Crippen molar-refractivity contribution in [3.63, 3.8) is 0 Å². The van der Waals surface area contributed by atoms with E-state index in [1.807, 2.05) is 0 Å². The monoisotopic (exact) mass is 337 g/mol. The molecule has 2 aromatic carbocycles. The van der Waals surface area contributed by atoms with E-state index in [1.54, 1.807) is 14.2 Å². The zero-order valence-corrected chi connectivity index (χ0v) is 15.6. The van der Waals surface area contributed by atoms with Crippen LogP contribution < -0.4 is 9.47 Å². The highest BCUT2D eigenvalue weighted by Gasteiger charge is 2.35. The molecular formula is C22H27NO2. The molecule has 2 aliphatic rings. The fourth-order valence-electron chi connectivity index (χ4n) is 4.55. The zero-order chi connectivity index (χ0) is 17.6. The van der Waals surface area contributed by atoms with Crippen molar-refractivity contribution in [3.8, 4) is 11.5 Å². The summed E-state index contributed by atoms with van der Waals surface area (Å²) in [6.45, 7) is 6.56. The Bertz CT molecular complexity index is 797. The number of benzene rings is 2. The molecule has 0 amide bonds. The Kier molecular flexibility index (Phi) is 4.20. The number of fused-ring (bicyclic) bond motifs is 2. The number of aryl methyl sites for hydroxylation is 2. The van der Waals surface area contributed by atoms with Gasteiger partial charge >= 0.3 is 0 Å². The lowest BCUT2D eigenvalue weighted by molar-refractivity contribution is 0.188. The SMILES string of the molecule is COc1cc2c3c(c1OC)CN(C(C)C)CC3c1ccccc1CC2. The minimum Gasteiger partial charge on any atom is -0.493 e. The zero-order valence-electron chi connectivity index (χ0n) is 15.6. The van der Waals surface area contributed by atoms with Crippen LogP contribution in [-0.2, 0) is 19.4 Å². The van der Waals surface area contributed by atoms with Gasteiger partial charge in [-0.3, -0.25) is 4.90 Å². The van der Waals surface area contributed by atoms with Crippen molar-refractivity contribution >= 4 is 0 Å². The molecular weight excluding hydrogens is 310 g/mol. The fourth-order valence-corrected chi connectivity index (χ4v) is 4.55. The van der Waals surface area contributed by atoms with Crippen LogP contribution in [0.15, 0.2) is 30.3 Å². The van der Waals surface area contributed by atoms with Gasteiger partial charge in [0.05, 0.1) is 14.2 Å². The maximum Gasteiger partial charge on any atom is 0.165 e. The Hall–Kier alpha value is -2.00. The first-order chi connectivity index (χ1) is 12.1. The van der Waals surface area contributed by atoms with Gasteiger partial charge in [0.25, 0.3) is 0 Å². The van der Waals surface area contributed by atoms with Crippen LogP contribution in [0.1, 0.15) is 47.6 Å². The number of ether oxygens (including phenoxy) is 2. The van der Waals surface area contributed by atoms with Crippen molar-refractivity contribution in [2.45, 2.75) is 45.2 Å². The Balaban J connectivity index is 1.98. The third-order valence-electron chi connectivity index (χ3n) is 5.85. The topological polar surface area (TPSA) is 21.7 Å². The summed E-state index contributed by atoms with van der Waals surface area (Å²) in [7, 11) is 3.50. The molecule has 0 bridgehead atoms. The molecule has 0 radical (unpaired) electrons. The molecule has 1 aliphatic carbocycles. The van der Waals surface area contributed by atoms with E-state index in [2.05, 4.69) is 49.1 Å². The maximum atomic E-state index is 5.81. The summed E-state index contributed by atoms with van der Waals surface area (Å²) in [4.78, 5) is 2.56. The van der Waals surface area contributed by atoms with Crippen LogP contribution >= 0.6 is 0 Å². The van der Waals surface area contributed by atoms with Crippen LogP contribution in [0.4, 0.5) is 0 Å². The molecule has 3 heteroatoms. The molecule has 1 aliphatic heterocycles. The summed E-state index contributed by atoms with van der Waals surface area (Å²) in [5.41, 5.74) is 7.20. The van der Waals surface area contributed by atoms with Crippen LogP contribution in [0, 0.1) is 0 Å². The predicted octanol–water partition coefficient (Wildman–Crippen LogP) is 4.16. The first kappa shape index (κ1) is 16.5. The third-order valence-corrected chi connectivity index (χ3v) is 5.85. The minimum atomic E-state index is 0.416. The molecule has 2 aromatic rings. The maximum absolute atomic E-state index is 5.81. The minimum absolute atomic E-state index is 0.416. The molecule has 1 heterocycles. The van der Waals surface area contributed by atoms with E-state index >= 15 is 0 Å². The average molecular weight is 337 g/mol. The van der Waals surface area contributed by atoms with Crippen LogP contribution in [0.25, 0.3) is 0 Å². The molecule has 0 spiro atoms. The fraction of sp³-hybridized carbons (Fsp3) is 0.455. The van der Waals surface area contributed by atoms with Gasteiger partial charge in [-0.05, 0) is 55.0 Å². The smallest absolute Gasteiger partial charge is 0.165 e. The Morgan fingerprint density at radius 2 is 1.80 bits per heavy atom. The summed E-state index contributed by atoms with van der Waals surface area (Å²) < 4.78 is 11.5. The Morgan fingerprint density at radius 1 is 1.04 bits per heavy atom. The molecule has 0 saturated heterocycles. The lowest BCUT2D eigenvalue weighted by Crippen LogP contribution is -2.39. The third kappa shape index (κ3) is 2.62. The van der Waals surface area contributed by atoms with E-state index in [4.69, 9.17) is 9.47 Å². The van der Waals surface area contributed by atoms with Crippen molar-refractivity contribution in [1.29, 1.82) is 0 Å². The molecule has 0 aromatic heterocycles. The Morgan fingerprint density at radius 3 is 2.52 bits per heavy atom. The number of hydrogen-bond acceptors (Lipinski definition) is 3. The molecule has 3 nitrogen and oxygen atoms in total. The molecule has 0 saturated carbocycles. The standard InChI is InChI=1S/C22H27NO2/c1-14(2)23-12-18-17-8-6-5-7-15(17)9-10-16-11-20(24-3)22(25-4)19(13-23)21(16)18/h5-8,11,14,18H,9-10,12-13H2,1-4H3.